The van der Waals surface area contributed by atoms with Crippen LogP contribution < -0.4 is 10.4 Å². The number of benzene rings is 1. The number of halogens is 1. The average molecular weight is 365 g/mol. The van der Waals surface area contributed by atoms with Crippen LogP contribution in [-0.2, 0) is 16.0 Å². The summed E-state index contributed by atoms with van der Waals surface area (Å²) in [7, 11) is 0. The summed E-state index contributed by atoms with van der Waals surface area (Å²) in [6.07, 6.45) is 1.62. The fourth-order valence-electron chi connectivity index (χ4n) is 3.21. The van der Waals surface area contributed by atoms with E-state index in [1.165, 1.54) is 6.92 Å². The molecule has 1 aliphatic rings. The molecule has 2 aromatic rings. The number of carbonyl (C=O) groups excluding carboxylic acids is 1. The van der Waals surface area contributed by atoms with E-state index in [1.807, 2.05) is 26.8 Å². The van der Waals surface area contributed by atoms with E-state index in [9.17, 15) is 9.59 Å². The van der Waals surface area contributed by atoms with Crippen LogP contribution in [-0.4, -0.2) is 11.6 Å². The minimum absolute atomic E-state index is 0.0439. The van der Waals surface area contributed by atoms with Gasteiger partial charge in [-0.05, 0) is 44.7 Å². The largest absolute Gasteiger partial charge is 0.487 e. The molecular weight excluding hydrogens is 344 g/mol. The highest BCUT2D eigenvalue weighted by Crippen LogP contribution is 2.39. The quantitative estimate of drug-likeness (QED) is 0.589. The second-order valence-electron chi connectivity index (χ2n) is 6.94. The van der Waals surface area contributed by atoms with E-state index in [1.54, 1.807) is 6.07 Å². The van der Waals surface area contributed by atoms with Gasteiger partial charge in [-0.1, -0.05) is 18.5 Å². The molecule has 2 heterocycles. The van der Waals surface area contributed by atoms with Crippen molar-refractivity contribution in [2.24, 2.45) is 0 Å². The zero-order chi connectivity index (χ0) is 18.4. The molecule has 0 saturated carbocycles. The van der Waals surface area contributed by atoms with Gasteiger partial charge < -0.3 is 13.9 Å². The van der Waals surface area contributed by atoms with Crippen LogP contribution in [0.25, 0.3) is 11.0 Å². The fourth-order valence-corrected chi connectivity index (χ4v) is 3.47. The minimum atomic E-state index is -0.648. The zero-order valence-corrected chi connectivity index (χ0v) is 15.5. The molecule has 134 valence electrons. The molecule has 0 fully saturated rings. The van der Waals surface area contributed by atoms with E-state index in [4.69, 9.17) is 25.5 Å². The normalized spacial score (nSPS) is 16.8. The fraction of sp³-hybridized carbons (Fsp3) is 0.474. The molecule has 25 heavy (non-hydrogen) atoms. The smallest absolute Gasteiger partial charge is 0.355 e. The third kappa shape index (κ3) is 3.38. The highest BCUT2D eigenvalue weighted by atomic mass is 35.5. The lowest BCUT2D eigenvalue weighted by Gasteiger charge is -2.32. The molecule has 0 spiro atoms. The Bertz CT molecular complexity index is 897. The van der Waals surface area contributed by atoms with Gasteiger partial charge in [0.2, 0.25) is 0 Å². The number of rotatable bonds is 3. The number of fused-ring (bicyclic) bond motifs is 2. The Labute approximate surface area is 150 Å². The van der Waals surface area contributed by atoms with Crippen LogP contribution in [0.3, 0.4) is 0 Å². The summed E-state index contributed by atoms with van der Waals surface area (Å²) in [6, 6.07) is 3.66. The third-order valence-corrected chi connectivity index (χ3v) is 4.81. The Morgan fingerprint density at radius 1 is 1.40 bits per heavy atom. The maximum Gasteiger partial charge on any atom is 0.355 e. The highest BCUT2D eigenvalue weighted by Gasteiger charge is 2.29. The van der Waals surface area contributed by atoms with Crippen molar-refractivity contribution >= 4 is 28.5 Å². The SMILES string of the molecule is CCC(OC(C)=O)c1c(Cl)c(=O)oc2cc3c(cc12)CCC(C)(C)O3. The first-order valence-electron chi connectivity index (χ1n) is 8.37. The molecule has 5 nitrogen and oxygen atoms in total. The number of carbonyl (C=O) groups is 1. The summed E-state index contributed by atoms with van der Waals surface area (Å²) < 4.78 is 16.7. The molecule has 1 aromatic heterocycles. The van der Waals surface area contributed by atoms with Crippen LogP contribution in [0, 0.1) is 0 Å². The van der Waals surface area contributed by atoms with Gasteiger partial charge in [-0.2, -0.15) is 0 Å². The molecule has 0 radical (unpaired) electrons. The van der Waals surface area contributed by atoms with Crippen LogP contribution >= 0.6 is 11.6 Å². The molecule has 6 heteroatoms. The average Bonchev–Trinajstić information content (AvgIpc) is 2.52. The summed E-state index contributed by atoms with van der Waals surface area (Å²) >= 11 is 6.23. The van der Waals surface area contributed by atoms with Crippen molar-refractivity contribution < 1.29 is 18.7 Å². The third-order valence-electron chi connectivity index (χ3n) is 4.45. The summed E-state index contributed by atoms with van der Waals surface area (Å²) in [5.41, 5.74) is 0.991. The number of hydrogen-bond donors (Lipinski definition) is 0. The van der Waals surface area contributed by atoms with Crippen molar-refractivity contribution in [3.63, 3.8) is 0 Å². The van der Waals surface area contributed by atoms with Gasteiger partial charge in [0.05, 0.1) is 0 Å². The zero-order valence-electron chi connectivity index (χ0n) is 14.8. The molecule has 1 aliphatic heterocycles. The van der Waals surface area contributed by atoms with Crippen LogP contribution in [0.1, 0.15) is 57.8 Å². The van der Waals surface area contributed by atoms with E-state index in [-0.39, 0.29) is 10.6 Å². The van der Waals surface area contributed by atoms with Crippen molar-refractivity contribution in [1.82, 2.24) is 0 Å². The standard InChI is InChI=1S/C19H21ClO5/c1-5-13(23-10(2)21)16-12-8-11-6-7-19(3,4)25-14(11)9-15(12)24-18(22)17(16)20/h8-9,13H,5-7H2,1-4H3. The lowest BCUT2D eigenvalue weighted by Crippen LogP contribution is -2.32. The van der Waals surface area contributed by atoms with Gasteiger partial charge in [-0.3, -0.25) is 4.79 Å². The van der Waals surface area contributed by atoms with E-state index in [2.05, 4.69) is 0 Å². The Morgan fingerprint density at radius 3 is 2.76 bits per heavy atom. The Hall–Kier alpha value is -2.01. The maximum absolute atomic E-state index is 12.2. The first kappa shape index (κ1) is 17.8. The molecule has 0 N–H and O–H groups in total. The summed E-state index contributed by atoms with van der Waals surface area (Å²) in [5, 5.41) is 0.636. The molecule has 0 saturated heterocycles. The Morgan fingerprint density at radius 2 is 2.12 bits per heavy atom. The van der Waals surface area contributed by atoms with Gasteiger partial charge in [-0.15, -0.1) is 0 Å². The van der Waals surface area contributed by atoms with Crippen molar-refractivity contribution in [2.75, 3.05) is 0 Å². The van der Waals surface area contributed by atoms with Gasteiger partial charge in [0, 0.05) is 23.9 Å². The maximum atomic E-state index is 12.2. The van der Waals surface area contributed by atoms with Crippen molar-refractivity contribution in [3.8, 4) is 5.75 Å². The van der Waals surface area contributed by atoms with Crippen molar-refractivity contribution in [2.45, 2.75) is 58.7 Å². The minimum Gasteiger partial charge on any atom is -0.487 e. The van der Waals surface area contributed by atoms with E-state index >= 15 is 0 Å². The van der Waals surface area contributed by atoms with Crippen LogP contribution in [0.4, 0.5) is 0 Å². The van der Waals surface area contributed by atoms with Gasteiger partial charge in [0.15, 0.2) is 0 Å². The molecule has 3 rings (SSSR count). The molecule has 0 amide bonds. The molecule has 1 aromatic carbocycles. The van der Waals surface area contributed by atoms with Gasteiger partial charge in [-0.25, -0.2) is 4.79 Å². The number of hydrogen-bond acceptors (Lipinski definition) is 5. The summed E-state index contributed by atoms with van der Waals surface area (Å²) in [5.74, 6) is 0.285. The lowest BCUT2D eigenvalue weighted by molar-refractivity contribution is -0.146. The second kappa shape index (κ2) is 6.37. The Kier molecular flexibility index (Phi) is 4.54. The monoisotopic (exact) mass is 364 g/mol. The van der Waals surface area contributed by atoms with Crippen LogP contribution in [0.2, 0.25) is 5.02 Å². The van der Waals surface area contributed by atoms with Crippen LogP contribution in [0.15, 0.2) is 21.3 Å². The first-order valence-corrected chi connectivity index (χ1v) is 8.75. The van der Waals surface area contributed by atoms with E-state index in [0.717, 1.165) is 18.4 Å². The van der Waals surface area contributed by atoms with Crippen molar-refractivity contribution in [1.29, 1.82) is 0 Å². The van der Waals surface area contributed by atoms with Gasteiger partial charge in [0.25, 0.3) is 0 Å². The first-order chi connectivity index (χ1) is 11.7. The van der Waals surface area contributed by atoms with Gasteiger partial charge >= 0.3 is 11.6 Å². The molecule has 1 unspecified atom stereocenters. The number of ether oxygens (including phenoxy) is 2. The van der Waals surface area contributed by atoms with E-state index in [0.29, 0.717) is 28.7 Å². The van der Waals surface area contributed by atoms with Crippen molar-refractivity contribution in [3.05, 3.63) is 38.7 Å². The number of aryl methyl sites for hydroxylation is 1. The molecule has 0 aliphatic carbocycles. The molecular formula is C19H21ClO5. The summed E-state index contributed by atoms with van der Waals surface area (Å²) in [4.78, 5) is 23.6. The number of esters is 1. The van der Waals surface area contributed by atoms with Gasteiger partial charge in [0.1, 0.15) is 28.1 Å². The lowest BCUT2D eigenvalue weighted by atomic mass is 9.92. The predicted molar refractivity (Wildman–Crippen MR) is 95.3 cm³/mol. The Balaban J connectivity index is 2.24. The summed E-state index contributed by atoms with van der Waals surface area (Å²) in [6.45, 7) is 7.26. The highest BCUT2D eigenvalue weighted by molar-refractivity contribution is 6.32. The molecule has 1 atom stereocenters. The second-order valence-corrected chi connectivity index (χ2v) is 7.32. The topological polar surface area (TPSA) is 65.7 Å². The van der Waals surface area contributed by atoms with Crippen LogP contribution in [0.5, 0.6) is 5.75 Å². The predicted octanol–water partition coefficient (Wildman–Crippen LogP) is 4.56. The van der Waals surface area contributed by atoms with E-state index < -0.39 is 17.7 Å². The molecule has 0 bridgehead atoms.